The molecular formula is C20H21Cl2NO2. The molecule has 2 aliphatic heterocycles. The first-order valence-electron chi connectivity index (χ1n) is 8.70. The van der Waals surface area contributed by atoms with E-state index < -0.39 is 0 Å². The molecule has 2 aliphatic rings. The second-order valence-electron chi connectivity index (χ2n) is 6.94. The molecule has 0 aliphatic carbocycles. The summed E-state index contributed by atoms with van der Waals surface area (Å²) < 4.78 is 12.3. The van der Waals surface area contributed by atoms with E-state index in [1.54, 1.807) is 6.07 Å². The zero-order valence-corrected chi connectivity index (χ0v) is 15.8. The minimum atomic E-state index is 0.0735. The highest BCUT2D eigenvalue weighted by atomic mass is 35.5. The summed E-state index contributed by atoms with van der Waals surface area (Å²) in [5, 5.41) is 4.74. The predicted octanol–water partition coefficient (Wildman–Crippen LogP) is 5.29. The van der Waals surface area contributed by atoms with E-state index in [0.717, 1.165) is 42.1 Å². The first-order chi connectivity index (χ1) is 12.0. The molecule has 1 saturated heterocycles. The molecule has 0 bridgehead atoms. The standard InChI is InChI=1S/C20H21Cl2NO2/c1-11(2)24-19-8-12(14-4-3-13(21)9-17(14)22)7-15-16-10-23-6-5-18(16)25-20(15)19/h3-4,7-9,11,16,18,23H,5-6,10H2,1-2H3/t16-,18-/m0/s1. The van der Waals surface area contributed by atoms with Gasteiger partial charge in [0.15, 0.2) is 11.5 Å². The van der Waals surface area contributed by atoms with Crippen molar-refractivity contribution >= 4 is 23.2 Å². The van der Waals surface area contributed by atoms with Gasteiger partial charge in [-0.3, -0.25) is 0 Å². The fourth-order valence-corrected chi connectivity index (χ4v) is 4.20. The number of hydrogen-bond acceptors (Lipinski definition) is 3. The van der Waals surface area contributed by atoms with Gasteiger partial charge in [0.2, 0.25) is 0 Å². The number of halogens is 2. The summed E-state index contributed by atoms with van der Waals surface area (Å²) in [6.07, 6.45) is 1.31. The van der Waals surface area contributed by atoms with E-state index in [4.69, 9.17) is 32.7 Å². The fourth-order valence-electron chi connectivity index (χ4n) is 3.68. The predicted molar refractivity (Wildman–Crippen MR) is 102 cm³/mol. The molecule has 0 spiro atoms. The van der Waals surface area contributed by atoms with Crippen molar-refractivity contribution in [3.05, 3.63) is 45.9 Å². The van der Waals surface area contributed by atoms with Crippen molar-refractivity contribution in [1.29, 1.82) is 0 Å². The van der Waals surface area contributed by atoms with Gasteiger partial charge in [-0.1, -0.05) is 29.3 Å². The van der Waals surface area contributed by atoms with E-state index in [0.29, 0.717) is 16.0 Å². The van der Waals surface area contributed by atoms with Crippen LogP contribution in [-0.2, 0) is 0 Å². The molecule has 2 heterocycles. The molecule has 0 unspecified atom stereocenters. The van der Waals surface area contributed by atoms with Crippen molar-refractivity contribution in [2.75, 3.05) is 13.1 Å². The summed E-state index contributed by atoms with van der Waals surface area (Å²) in [6.45, 7) is 5.97. The highest BCUT2D eigenvalue weighted by Crippen LogP contribution is 2.49. The van der Waals surface area contributed by atoms with Crippen molar-refractivity contribution in [1.82, 2.24) is 5.32 Å². The molecule has 0 radical (unpaired) electrons. The third-order valence-electron chi connectivity index (χ3n) is 4.78. The monoisotopic (exact) mass is 377 g/mol. The van der Waals surface area contributed by atoms with Crippen LogP contribution in [0.5, 0.6) is 11.5 Å². The van der Waals surface area contributed by atoms with Gasteiger partial charge in [-0.25, -0.2) is 0 Å². The minimum Gasteiger partial charge on any atom is -0.487 e. The normalized spacial score (nSPS) is 21.6. The Morgan fingerprint density at radius 3 is 2.80 bits per heavy atom. The zero-order chi connectivity index (χ0) is 17.6. The summed E-state index contributed by atoms with van der Waals surface area (Å²) >= 11 is 12.5. The number of piperidine rings is 1. The SMILES string of the molecule is CC(C)Oc1cc(-c2ccc(Cl)cc2Cl)cc2c1O[C@H]1CCNC[C@@H]21. The third kappa shape index (κ3) is 3.21. The van der Waals surface area contributed by atoms with Crippen molar-refractivity contribution in [3.63, 3.8) is 0 Å². The summed E-state index contributed by atoms with van der Waals surface area (Å²) in [7, 11) is 0. The molecule has 1 N–H and O–H groups in total. The molecule has 3 nitrogen and oxygen atoms in total. The molecule has 25 heavy (non-hydrogen) atoms. The van der Waals surface area contributed by atoms with E-state index in [9.17, 15) is 0 Å². The lowest BCUT2D eigenvalue weighted by Crippen LogP contribution is -2.37. The van der Waals surface area contributed by atoms with Crippen molar-refractivity contribution in [2.24, 2.45) is 0 Å². The molecule has 0 saturated carbocycles. The van der Waals surface area contributed by atoms with Crippen LogP contribution < -0.4 is 14.8 Å². The largest absolute Gasteiger partial charge is 0.487 e. The first kappa shape index (κ1) is 17.0. The number of nitrogens with one attached hydrogen (secondary N) is 1. The van der Waals surface area contributed by atoms with Crippen LogP contribution in [0.1, 0.15) is 31.7 Å². The lowest BCUT2D eigenvalue weighted by molar-refractivity contribution is 0.160. The highest BCUT2D eigenvalue weighted by molar-refractivity contribution is 6.36. The quantitative estimate of drug-likeness (QED) is 0.788. The Morgan fingerprint density at radius 2 is 2.04 bits per heavy atom. The molecule has 5 heteroatoms. The van der Waals surface area contributed by atoms with E-state index in [2.05, 4.69) is 11.4 Å². The Hall–Kier alpha value is -1.42. The van der Waals surface area contributed by atoms with Crippen LogP contribution in [0.3, 0.4) is 0 Å². The van der Waals surface area contributed by atoms with E-state index in [1.165, 1.54) is 5.56 Å². The number of hydrogen-bond donors (Lipinski definition) is 1. The Morgan fingerprint density at radius 1 is 1.20 bits per heavy atom. The van der Waals surface area contributed by atoms with Gasteiger partial charge in [0.05, 0.1) is 6.10 Å². The lowest BCUT2D eigenvalue weighted by atomic mass is 9.89. The molecule has 4 rings (SSSR count). The summed E-state index contributed by atoms with van der Waals surface area (Å²) in [6, 6.07) is 9.81. The van der Waals surface area contributed by atoms with Crippen molar-refractivity contribution < 1.29 is 9.47 Å². The van der Waals surface area contributed by atoms with Crippen LogP contribution in [0, 0.1) is 0 Å². The first-order valence-corrected chi connectivity index (χ1v) is 9.46. The van der Waals surface area contributed by atoms with Crippen LogP contribution in [-0.4, -0.2) is 25.3 Å². The maximum atomic E-state index is 6.44. The number of rotatable bonds is 3. The summed E-state index contributed by atoms with van der Waals surface area (Å²) in [5.74, 6) is 2.04. The topological polar surface area (TPSA) is 30.5 Å². The molecule has 2 atom stereocenters. The van der Waals surface area contributed by atoms with E-state index in [1.807, 2.05) is 32.0 Å². The van der Waals surface area contributed by atoms with Crippen LogP contribution >= 0.6 is 23.2 Å². The average molecular weight is 378 g/mol. The van der Waals surface area contributed by atoms with Gasteiger partial charge in [-0.15, -0.1) is 0 Å². The number of benzene rings is 2. The molecule has 2 aromatic rings. The van der Waals surface area contributed by atoms with Crippen molar-refractivity contribution in [2.45, 2.75) is 38.4 Å². The summed E-state index contributed by atoms with van der Waals surface area (Å²) in [4.78, 5) is 0. The van der Waals surface area contributed by atoms with E-state index >= 15 is 0 Å². The van der Waals surface area contributed by atoms with Crippen molar-refractivity contribution in [3.8, 4) is 22.6 Å². The second-order valence-corrected chi connectivity index (χ2v) is 7.78. The van der Waals surface area contributed by atoms with Crippen LogP contribution in [0.4, 0.5) is 0 Å². The Kier molecular flexibility index (Phi) is 4.57. The maximum Gasteiger partial charge on any atom is 0.165 e. The molecular weight excluding hydrogens is 357 g/mol. The van der Waals surface area contributed by atoms with Gasteiger partial charge in [0, 0.05) is 33.6 Å². The maximum absolute atomic E-state index is 6.44. The fraction of sp³-hybridized carbons (Fsp3) is 0.400. The number of fused-ring (bicyclic) bond motifs is 3. The van der Waals surface area contributed by atoms with Gasteiger partial charge in [-0.2, -0.15) is 0 Å². The Labute approximate surface area is 158 Å². The van der Waals surface area contributed by atoms with Gasteiger partial charge in [0.1, 0.15) is 6.10 Å². The second kappa shape index (κ2) is 6.71. The molecule has 0 amide bonds. The molecule has 0 aromatic heterocycles. The average Bonchev–Trinajstić information content (AvgIpc) is 2.93. The lowest BCUT2D eigenvalue weighted by Gasteiger charge is -2.24. The van der Waals surface area contributed by atoms with Gasteiger partial charge < -0.3 is 14.8 Å². The zero-order valence-electron chi connectivity index (χ0n) is 14.3. The van der Waals surface area contributed by atoms with Crippen LogP contribution in [0.2, 0.25) is 10.0 Å². The Bertz CT molecular complexity index is 807. The number of ether oxygens (including phenoxy) is 2. The summed E-state index contributed by atoms with van der Waals surface area (Å²) in [5.41, 5.74) is 3.19. The van der Waals surface area contributed by atoms with Gasteiger partial charge >= 0.3 is 0 Å². The highest BCUT2D eigenvalue weighted by Gasteiger charge is 2.38. The molecule has 132 valence electrons. The van der Waals surface area contributed by atoms with Gasteiger partial charge in [-0.05, 0) is 56.6 Å². The molecule has 1 fully saturated rings. The smallest absolute Gasteiger partial charge is 0.165 e. The van der Waals surface area contributed by atoms with Gasteiger partial charge in [0.25, 0.3) is 0 Å². The third-order valence-corrected chi connectivity index (χ3v) is 5.32. The van der Waals surface area contributed by atoms with Crippen LogP contribution in [0.25, 0.3) is 11.1 Å². The van der Waals surface area contributed by atoms with E-state index in [-0.39, 0.29) is 12.2 Å². The molecule has 2 aromatic carbocycles. The Balaban J connectivity index is 1.84. The minimum absolute atomic E-state index is 0.0735. The van der Waals surface area contributed by atoms with Crippen LogP contribution in [0.15, 0.2) is 30.3 Å².